The van der Waals surface area contributed by atoms with E-state index < -0.39 is 46.6 Å². The van der Waals surface area contributed by atoms with Crippen LogP contribution in [0, 0.1) is 0 Å². The Hall–Kier alpha value is -1.26. The molecule has 0 amide bonds. The molecule has 24 heavy (non-hydrogen) atoms. The second-order valence-corrected chi connectivity index (χ2v) is 7.00. The molecule has 0 radical (unpaired) electrons. The Kier molecular flexibility index (Phi) is 5.50. The molecule has 136 valence electrons. The predicted octanol–water partition coefficient (Wildman–Crippen LogP) is 3.63. The first-order valence-corrected chi connectivity index (χ1v) is 8.45. The highest BCUT2D eigenvalue weighted by molar-refractivity contribution is 7.87. The molecule has 1 aromatic carbocycles. The first kappa shape index (κ1) is 19.1. The molecule has 1 fully saturated rings. The summed E-state index contributed by atoms with van der Waals surface area (Å²) in [5.41, 5.74) is -4.99. The zero-order valence-electron chi connectivity index (χ0n) is 12.3. The number of benzene rings is 1. The van der Waals surface area contributed by atoms with Gasteiger partial charge in [0.05, 0.1) is 12.7 Å². The number of hydrogen-bond acceptors (Lipinski definition) is 4. The largest absolute Gasteiger partial charge is 0.523 e. The molecular weight excluding hydrogens is 359 g/mol. The number of hydrogen-bond donors (Lipinski definition) is 0. The maximum Gasteiger partial charge on any atom is 0.523 e. The maximum atomic E-state index is 13.7. The van der Waals surface area contributed by atoms with E-state index in [0.29, 0.717) is 0 Å². The van der Waals surface area contributed by atoms with Crippen molar-refractivity contribution < 1.29 is 39.3 Å². The van der Waals surface area contributed by atoms with Crippen molar-refractivity contribution in [2.24, 2.45) is 0 Å². The maximum absolute atomic E-state index is 13.7. The van der Waals surface area contributed by atoms with Gasteiger partial charge in [-0.15, -0.1) is 0 Å². The molecule has 1 saturated carbocycles. The first-order valence-electron chi connectivity index (χ1n) is 7.04. The lowest BCUT2D eigenvalue weighted by Gasteiger charge is -2.35. The zero-order chi connectivity index (χ0) is 18.0. The fourth-order valence-corrected chi connectivity index (χ4v) is 2.93. The van der Waals surface area contributed by atoms with Gasteiger partial charge in [0.2, 0.25) is 0 Å². The Morgan fingerprint density at radius 1 is 1.17 bits per heavy atom. The number of ether oxygens (including phenoxy) is 1. The molecule has 0 aromatic heterocycles. The third kappa shape index (κ3) is 4.64. The molecule has 0 spiro atoms. The van der Waals surface area contributed by atoms with Gasteiger partial charge in [-0.1, -0.05) is 30.3 Å². The highest BCUT2D eigenvalue weighted by Gasteiger charge is 2.54. The molecular formula is C14H15F5O4S. The molecule has 0 N–H and O–H groups in total. The van der Waals surface area contributed by atoms with Crippen molar-refractivity contribution >= 4 is 10.1 Å². The Balaban J connectivity index is 2.01. The van der Waals surface area contributed by atoms with Gasteiger partial charge in [-0.25, -0.2) is 8.78 Å². The van der Waals surface area contributed by atoms with Crippen LogP contribution in [0.5, 0.6) is 0 Å². The monoisotopic (exact) mass is 374 g/mol. The van der Waals surface area contributed by atoms with E-state index in [4.69, 9.17) is 4.74 Å². The number of alkyl halides is 5. The van der Waals surface area contributed by atoms with Gasteiger partial charge in [-0.2, -0.15) is 21.6 Å². The Bertz CT molecular complexity index is 645. The van der Waals surface area contributed by atoms with Crippen LogP contribution in [0.4, 0.5) is 22.0 Å². The second-order valence-electron chi connectivity index (χ2n) is 5.44. The van der Waals surface area contributed by atoms with E-state index >= 15 is 0 Å². The van der Waals surface area contributed by atoms with E-state index in [0.717, 1.165) is 5.56 Å². The van der Waals surface area contributed by atoms with Crippen molar-refractivity contribution in [1.82, 2.24) is 0 Å². The topological polar surface area (TPSA) is 52.6 Å². The fourth-order valence-electron chi connectivity index (χ4n) is 2.30. The van der Waals surface area contributed by atoms with Crippen molar-refractivity contribution in [2.45, 2.75) is 49.5 Å². The summed E-state index contributed by atoms with van der Waals surface area (Å²) in [4.78, 5) is 0. The van der Waals surface area contributed by atoms with Crippen LogP contribution in [0.15, 0.2) is 30.3 Å². The lowest BCUT2D eigenvalue weighted by Crippen LogP contribution is -2.46. The van der Waals surface area contributed by atoms with Crippen molar-refractivity contribution in [2.75, 3.05) is 0 Å². The Labute approximate surface area is 135 Å². The minimum Gasteiger partial charge on any atom is -0.373 e. The van der Waals surface area contributed by atoms with E-state index in [1.165, 1.54) is 0 Å². The molecule has 10 heteroatoms. The van der Waals surface area contributed by atoms with Crippen LogP contribution in [-0.2, 0) is 25.6 Å². The summed E-state index contributed by atoms with van der Waals surface area (Å²) in [6.45, 7) is 0.0792. The third-order valence-corrected chi connectivity index (χ3v) is 4.66. The van der Waals surface area contributed by atoms with E-state index in [9.17, 15) is 30.4 Å². The summed E-state index contributed by atoms with van der Waals surface area (Å²) >= 11 is 0. The molecule has 2 atom stereocenters. The molecule has 0 heterocycles. The predicted molar refractivity (Wildman–Crippen MR) is 73.7 cm³/mol. The summed E-state index contributed by atoms with van der Waals surface area (Å²) in [5, 5.41) is 0. The normalized spacial score (nSPS) is 24.7. The summed E-state index contributed by atoms with van der Waals surface area (Å²) in [5.74, 6) is -3.68. The lowest BCUT2D eigenvalue weighted by molar-refractivity contribution is -0.157. The van der Waals surface area contributed by atoms with E-state index in [2.05, 4.69) is 4.18 Å². The van der Waals surface area contributed by atoms with Crippen molar-refractivity contribution in [3.05, 3.63) is 35.9 Å². The van der Waals surface area contributed by atoms with Gasteiger partial charge < -0.3 is 4.74 Å². The minimum absolute atomic E-state index is 0.0792. The Morgan fingerprint density at radius 2 is 1.79 bits per heavy atom. The summed E-state index contributed by atoms with van der Waals surface area (Å²) in [6, 6.07) is 8.74. The third-order valence-electron chi connectivity index (χ3n) is 3.60. The number of rotatable bonds is 5. The van der Waals surface area contributed by atoms with Crippen LogP contribution in [0.25, 0.3) is 0 Å². The van der Waals surface area contributed by atoms with E-state index in [1.807, 2.05) is 0 Å². The lowest BCUT2D eigenvalue weighted by atomic mass is 9.91. The van der Waals surface area contributed by atoms with Gasteiger partial charge in [0.15, 0.2) is 0 Å². The molecule has 1 aliphatic carbocycles. The quantitative estimate of drug-likeness (QED) is 0.449. The number of halogens is 5. The average Bonchev–Trinajstić information content (AvgIpc) is 2.48. The molecule has 0 saturated heterocycles. The van der Waals surface area contributed by atoms with Crippen LogP contribution >= 0.6 is 0 Å². The summed E-state index contributed by atoms with van der Waals surface area (Å²) < 4.78 is 95.5. The summed E-state index contributed by atoms with van der Waals surface area (Å²) in [6.07, 6.45) is -4.79. The van der Waals surface area contributed by atoms with Gasteiger partial charge in [-0.05, 0) is 12.0 Å². The van der Waals surface area contributed by atoms with E-state index in [1.54, 1.807) is 30.3 Å². The van der Waals surface area contributed by atoms with E-state index in [-0.39, 0.29) is 13.0 Å². The van der Waals surface area contributed by atoms with Crippen LogP contribution in [0.2, 0.25) is 0 Å². The van der Waals surface area contributed by atoms with Crippen molar-refractivity contribution in [3.8, 4) is 0 Å². The molecule has 0 bridgehead atoms. The van der Waals surface area contributed by atoms with Gasteiger partial charge in [0, 0.05) is 12.8 Å². The fraction of sp³-hybridized carbons (Fsp3) is 0.571. The van der Waals surface area contributed by atoms with Crippen LogP contribution < -0.4 is 0 Å². The van der Waals surface area contributed by atoms with Crippen LogP contribution in [-0.4, -0.2) is 32.1 Å². The van der Waals surface area contributed by atoms with Crippen molar-refractivity contribution in [3.63, 3.8) is 0 Å². The van der Waals surface area contributed by atoms with Crippen molar-refractivity contribution in [1.29, 1.82) is 0 Å². The highest BCUT2D eigenvalue weighted by Crippen LogP contribution is 2.39. The zero-order valence-corrected chi connectivity index (χ0v) is 13.1. The molecule has 2 unspecified atom stereocenters. The minimum atomic E-state index is -6.09. The van der Waals surface area contributed by atoms with Gasteiger partial charge in [0.25, 0.3) is 5.92 Å². The standard InChI is InChI=1S/C14H15F5O4S/c15-13(16)7-6-11(22-9-10-4-2-1-3-5-10)8-12(13)23-24(20,21)14(17,18)19/h1-5,11-12H,6-9H2. The smallest absolute Gasteiger partial charge is 0.373 e. The first-order chi connectivity index (χ1) is 11.0. The molecule has 4 nitrogen and oxygen atoms in total. The van der Waals surface area contributed by atoms with Gasteiger partial charge in [-0.3, -0.25) is 4.18 Å². The molecule has 2 rings (SSSR count). The average molecular weight is 374 g/mol. The second kappa shape index (κ2) is 6.93. The molecule has 1 aromatic rings. The SMILES string of the molecule is O=S(=O)(OC1CC(OCc2ccccc2)CCC1(F)F)C(F)(F)F. The Morgan fingerprint density at radius 3 is 2.38 bits per heavy atom. The van der Waals surface area contributed by atoms with Crippen LogP contribution in [0.3, 0.4) is 0 Å². The van der Waals surface area contributed by atoms with Gasteiger partial charge >= 0.3 is 15.6 Å². The molecule has 1 aliphatic rings. The highest BCUT2D eigenvalue weighted by atomic mass is 32.2. The van der Waals surface area contributed by atoms with Crippen LogP contribution in [0.1, 0.15) is 24.8 Å². The summed E-state index contributed by atoms with van der Waals surface area (Å²) in [7, 11) is -6.09. The molecule has 0 aliphatic heterocycles. The van der Waals surface area contributed by atoms with Gasteiger partial charge in [0.1, 0.15) is 6.10 Å².